The Morgan fingerprint density at radius 2 is 1.60 bits per heavy atom. The highest BCUT2D eigenvalue weighted by atomic mass is 79.9. The summed E-state index contributed by atoms with van der Waals surface area (Å²) in [6.07, 6.45) is -1.18. The minimum Gasteiger partial charge on any atom is -0.404 e. The molecule has 4 unspecified atom stereocenters. The van der Waals surface area contributed by atoms with E-state index in [4.69, 9.17) is 18.8 Å². The van der Waals surface area contributed by atoms with Crippen LogP contribution < -0.4 is 4.52 Å². The first-order valence-electron chi connectivity index (χ1n) is 14.9. The van der Waals surface area contributed by atoms with Crippen molar-refractivity contribution in [1.82, 2.24) is 23.9 Å². The summed E-state index contributed by atoms with van der Waals surface area (Å²) in [5.41, 5.74) is 2.56. The number of rotatable bonds is 12. The van der Waals surface area contributed by atoms with E-state index in [2.05, 4.69) is 34.5 Å². The van der Waals surface area contributed by atoms with Gasteiger partial charge in [-0.25, -0.2) is 28.6 Å². The van der Waals surface area contributed by atoms with Gasteiger partial charge in [0.15, 0.2) is 28.2 Å². The van der Waals surface area contributed by atoms with Crippen molar-refractivity contribution in [2.24, 2.45) is 0 Å². The standard InChI is InChI=1S/C29H27BrN5O13P3S/c1-52-29-33-27-23(26-32-21(13-34(26)29)17-6-9-19(30)10-7-17)31-15-35(27)28-25(37)24(36)22(45-28)14-44-49(38,39)47-51(42,43)48-50(40,41)46-20-11-8-16-4-2-3-5-18(16)12-20/h2-13,15,22,24-25,28,36-37H,14H2,1H3,(H,38,39)(H,40,41)(H,42,43)/t22-,24+,25?,28-/m1/s1. The van der Waals surface area contributed by atoms with Crippen LogP contribution in [0, 0.1) is 0 Å². The lowest BCUT2D eigenvalue weighted by Gasteiger charge is -2.20. The molecule has 4 heterocycles. The van der Waals surface area contributed by atoms with Crippen molar-refractivity contribution in [2.45, 2.75) is 29.7 Å². The van der Waals surface area contributed by atoms with Gasteiger partial charge in [-0.15, -0.1) is 0 Å². The van der Waals surface area contributed by atoms with Gasteiger partial charge in [-0.2, -0.15) is 8.62 Å². The number of halogens is 1. The first-order valence-corrected chi connectivity index (χ1v) is 21.4. The third kappa shape index (κ3) is 7.78. The van der Waals surface area contributed by atoms with Crippen molar-refractivity contribution in [1.29, 1.82) is 0 Å². The average molecular weight is 858 g/mol. The molecule has 7 atom stereocenters. The molecular formula is C29H27BrN5O13P3S. The largest absolute Gasteiger partial charge is 0.536 e. The highest BCUT2D eigenvalue weighted by Gasteiger charge is 2.47. The molecule has 52 heavy (non-hydrogen) atoms. The Kier molecular flexibility index (Phi) is 10.3. The van der Waals surface area contributed by atoms with E-state index in [1.54, 1.807) is 34.7 Å². The van der Waals surface area contributed by atoms with Gasteiger partial charge < -0.3 is 29.3 Å². The zero-order chi connectivity index (χ0) is 37.0. The molecule has 0 aliphatic carbocycles. The van der Waals surface area contributed by atoms with E-state index in [0.717, 1.165) is 15.4 Å². The minimum atomic E-state index is -5.80. The molecular weight excluding hydrogens is 831 g/mol. The maximum absolute atomic E-state index is 12.6. The zero-order valence-corrected chi connectivity index (χ0v) is 31.5. The van der Waals surface area contributed by atoms with Gasteiger partial charge >= 0.3 is 23.5 Å². The number of aliphatic hydroxyl groups excluding tert-OH is 2. The van der Waals surface area contributed by atoms with E-state index in [1.807, 2.05) is 36.7 Å². The summed E-state index contributed by atoms with van der Waals surface area (Å²) in [7, 11) is -16.7. The molecule has 23 heteroatoms. The molecule has 1 fully saturated rings. The summed E-state index contributed by atoms with van der Waals surface area (Å²) in [5, 5.41) is 23.6. The molecule has 18 nitrogen and oxygen atoms in total. The van der Waals surface area contributed by atoms with Gasteiger partial charge in [-0.1, -0.05) is 70.2 Å². The Hall–Kier alpha value is -3.03. The van der Waals surface area contributed by atoms with Crippen LogP contribution in [0.4, 0.5) is 0 Å². The van der Waals surface area contributed by atoms with Gasteiger partial charge in [-0.3, -0.25) is 18.4 Å². The number of ether oxygens (including phenoxy) is 1. The molecule has 7 rings (SSSR count). The number of phosphoric acid groups is 3. The van der Waals surface area contributed by atoms with Crippen LogP contribution in [0.15, 0.2) is 88.9 Å². The van der Waals surface area contributed by atoms with Crippen LogP contribution in [0.2, 0.25) is 0 Å². The number of aromatic nitrogens is 5. The van der Waals surface area contributed by atoms with Gasteiger partial charge in [0, 0.05) is 16.2 Å². The van der Waals surface area contributed by atoms with Crippen molar-refractivity contribution in [3.05, 3.63) is 83.7 Å². The number of benzene rings is 3. The fourth-order valence-corrected chi connectivity index (χ4v) is 9.78. The number of thioether (sulfide) groups is 1. The Morgan fingerprint density at radius 1 is 0.885 bits per heavy atom. The summed E-state index contributed by atoms with van der Waals surface area (Å²) in [5.74, 6) is -0.210. The number of nitrogens with zero attached hydrogens (tertiary/aromatic N) is 5. The van der Waals surface area contributed by atoms with Crippen LogP contribution in [-0.2, 0) is 31.6 Å². The lowest BCUT2D eigenvalue weighted by Crippen LogP contribution is -2.33. The van der Waals surface area contributed by atoms with E-state index < -0.39 is 54.6 Å². The van der Waals surface area contributed by atoms with Gasteiger partial charge in [-0.05, 0) is 41.3 Å². The van der Waals surface area contributed by atoms with Crippen molar-refractivity contribution in [3.8, 4) is 17.0 Å². The van der Waals surface area contributed by atoms with Crippen LogP contribution in [-0.4, -0.2) is 80.0 Å². The number of imidazole rings is 2. The van der Waals surface area contributed by atoms with Gasteiger partial charge in [0.25, 0.3) is 0 Å². The second kappa shape index (κ2) is 14.3. The number of aliphatic hydroxyl groups is 2. The number of hydrogen-bond acceptors (Lipinski definition) is 14. The third-order valence-electron chi connectivity index (χ3n) is 7.78. The monoisotopic (exact) mass is 857 g/mol. The minimum absolute atomic E-state index is 0.210. The molecule has 1 aliphatic rings. The van der Waals surface area contributed by atoms with Crippen molar-refractivity contribution >= 4 is 78.7 Å². The van der Waals surface area contributed by atoms with Gasteiger partial charge in [0.05, 0.1) is 18.6 Å². The Morgan fingerprint density at radius 3 is 2.33 bits per heavy atom. The smallest absolute Gasteiger partial charge is 0.404 e. The third-order valence-corrected chi connectivity index (χ3v) is 13.2. The van der Waals surface area contributed by atoms with Crippen molar-refractivity contribution < 1.29 is 61.0 Å². The van der Waals surface area contributed by atoms with Crippen LogP contribution in [0.3, 0.4) is 0 Å². The molecule has 274 valence electrons. The van der Waals surface area contributed by atoms with Crippen LogP contribution in [0.1, 0.15) is 6.23 Å². The van der Waals surface area contributed by atoms with E-state index in [1.165, 1.54) is 34.8 Å². The molecule has 6 aromatic rings. The van der Waals surface area contributed by atoms with Crippen molar-refractivity contribution in [3.63, 3.8) is 0 Å². The van der Waals surface area contributed by atoms with E-state index in [0.29, 0.717) is 27.4 Å². The highest BCUT2D eigenvalue weighted by molar-refractivity contribution is 9.10. The second-order valence-corrected chi connectivity index (χ2v) is 17.5. The molecule has 5 N–H and O–H groups in total. The maximum Gasteiger partial charge on any atom is 0.536 e. The lowest BCUT2D eigenvalue weighted by molar-refractivity contribution is -0.0503. The van der Waals surface area contributed by atoms with Crippen molar-refractivity contribution in [2.75, 3.05) is 12.9 Å². The molecule has 0 amide bonds. The quantitative estimate of drug-likeness (QED) is 0.0585. The molecule has 1 aliphatic heterocycles. The van der Waals surface area contributed by atoms with Crippen LogP contribution in [0.25, 0.3) is 38.8 Å². The zero-order valence-electron chi connectivity index (χ0n) is 26.4. The van der Waals surface area contributed by atoms with Gasteiger partial charge in [0.2, 0.25) is 0 Å². The van der Waals surface area contributed by atoms with Gasteiger partial charge in [0.1, 0.15) is 24.1 Å². The highest BCUT2D eigenvalue weighted by Crippen LogP contribution is 2.67. The normalized spacial score (nSPS) is 22.8. The summed E-state index contributed by atoms with van der Waals surface area (Å²) in [6, 6.07) is 18.7. The molecule has 0 saturated carbocycles. The van der Waals surface area contributed by atoms with Crippen LogP contribution >= 0.6 is 51.2 Å². The predicted molar refractivity (Wildman–Crippen MR) is 189 cm³/mol. The molecule has 0 radical (unpaired) electrons. The average Bonchev–Trinajstić information content (AvgIpc) is 3.78. The summed E-state index contributed by atoms with van der Waals surface area (Å²) >= 11 is 4.74. The Bertz CT molecular complexity index is 2450. The molecule has 1 saturated heterocycles. The molecule has 0 bridgehead atoms. The number of fused-ring (bicyclic) bond motifs is 4. The number of hydrogen-bond donors (Lipinski definition) is 5. The van der Waals surface area contributed by atoms with E-state index in [-0.39, 0.29) is 11.4 Å². The van der Waals surface area contributed by atoms with Crippen LogP contribution in [0.5, 0.6) is 5.75 Å². The lowest BCUT2D eigenvalue weighted by atomic mass is 10.1. The molecule has 3 aromatic heterocycles. The SMILES string of the molecule is CSc1nc2c(ncn2[C@@H]2O[C@H](COP(=O)(O)OP(=O)(O)OP(=O)(O)Oc3ccc4ccccc4c3)[C@H](O)C2O)c2nc(-c3ccc(Br)cc3)cn12. The Balaban J connectivity index is 1.03. The topological polar surface area (TPSA) is 247 Å². The van der Waals surface area contributed by atoms with E-state index >= 15 is 0 Å². The second-order valence-electron chi connectivity index (χ2n) is 11.3. The first kappa shape index (κ1) is 37.3. The molecule has 0 spiro atoms. The summed E-state index contributed by atoms with van der Waals surface area (Å²) in [4.78, 5) is 44.1. The summed E-state index contributed by atoms with van der Waals surface area (Å²) < 4.78 is 65.3. The number of phosphoric ester groups is 2. The van der Waals surface area contributed by atoms with E-state index in [9.17, 15) is 38.6 Å². The summed E-state index contributed by atoms with van der Waals surface area (Å²) in [6.45, 7) is -0.954. The predicted octanol–water partition coefficient (Wildman–Crippen LogP) is 5.43. The molecule has 3 aromatic carbocycles. The fraction of sp³-hybridized carbons (Fsp3) is 0.207. The Labute approximate surface area is 305 Å². The first-order chi connectivity index (χ1) is 24.6. The maximum atomic E-state index is 12.6. The fourth-order valence-electron chi connectivity index (χ4n) is 5.49.